The third kappa shape index (κ3) is 8.86. The average Bonchev–Trinajstić information content (AvgIpc) is 3.88. The average molecular weight is 760 g/mol. The molecule has 0 saturated heterocycles. The van der Waals surface area contributed by atoms with Gasteiger partial charge in [0.25, 0.3) is 0 Å². The summed E-state index contributed by atoms with van der Waals surface area (Å²) in [4.78, 5) is 21.7. The van der Waals surface area contributed by atoms with Crippen LogP contribution in [0.2, 0.25) is 0 Å². The van der Waals surface area contributed by atoms with E-state index in [4.69, 9.17) is 19.9 Å². The molecule has 0 radical (unpaired) electrons. The summed E-state index contributed by atoms with van der Waals surface area (Å²) in [5, 5.41) is 11.3. The van der Waals surface area contributed by atoms with Gasteiger partial charge in [-0.25, -0.2) is 9.97 Å². The summed E-state index contributed by atoms with van der Waals surface area (Å²) in [6.07, 6.45) is 18.8. The van der Waals surface area contributed by atoms with Crippen LogP contribution in [0, 0.1) is 0 Å². The second kappa shape index (κ2) is 19.9. The van der Waals surface area contributed by atoms with Crippen LogP contribution >= 0.6 is 0 Å². The normalized spacial score (nSPS) is 13.8. The van der Waals surface area contributed by atoms with Gasteiger partial charge in [-0.3, -0.25) is 0 Å². The fourth-order valence-electron chi connectivity index (χ4n) is 8.64. The minimum Gasteiger partial charge on any atom is -0.657 e. The SMILES string of the molecule is CCCCCCCCC(O)/C=C/c1c2[n-]c(cc3nc(cc4nc(cc5[n-]c1c(CC)c5CC)C(CC)=C4CC)C(CC)=C3CC)c(CC)c2CC.[Ni+2]. The van der Waals surface area contributed by atoms with Gasteiger partial charge in [-0.15, -0.1) is 22.1 Å². The first-order valence-corrected chi connectivity index (χ1v) is 20.8. The largest absolute Gasteiger partial charge is 2.00 e. The van der Waals surface area contributed by atoms with E-state index in [1.165, 1.54) is 76.7 Å². The van der Waals surface area contributed by atoms with Gasteiger partial charge >= 0.3 is 16.5 Å². The molecule has 0 aromatic carbocycles. The van der Waals surface area contributed by atoms with Crippen LogP contribution in [0.3, 0.4) is 0 Å². The molecule has 0 amide bonds. The molecule has 5 nitrogen and oxygen atoms in total. The van der Waals surface area contributed by atoms with Gasteiger partial charge in [-0.05, 0) is 86.1 Å². The van der Waals surface area contributed by atoms with Crippen LogP contribution in [0.5, 0.6) is 0 Å². The number of allylic oxidation sites excluding steroid dienone is 4. The molecule has 2 aliphatic rings. The van der Waals surface area contributed by atoms with E-state index >= 15 is 0 Å². The van der Waals surface area contributed by atoms with Gasteiger partial charge in [0.05, 0.1) is 28.9 Å². The van der Waals surface area contributed by atoms with E-state index in [-0.39, 0.29) is 16.5 Å². The Hall–Kier alpha value is -3.21. The Morgan fingerprint density at radius 2 is 0.925 bits per heavy atom. The molecule has 3 aromatic heterocycles. The third-order valence-electron chi connectivity index (χ3n) is 11.3. The summed E-state index contributed by atoms with van der Waals surface area (Å²) in [6, 6.07) is 6.73. The minimum atomic E-state index is -0.512. The number of aryl methyl sites for hydroxylation is 4. The minimum absolute atomic E-state index is 0. The second-order valence-corrected chi connectivity index (χ2v) is 14.4. The maximum Gasteiger partial charge on any atom is 2.00 e. The number of aliphatic hydroxyl groups is 1. The van der Waals surface area contributed by atoms with E-state index in [1.54, 1.807) is 0 Å². The van der Waals surface area contributed by atoms with Gasteiger partial charge in [0.1, 0.15) is 0 Å². The molecule has 1 unspecified atom stereocenters. The van der Waals surface area contributed by atoms with Crippen molar-refractivity contribution in [2.45, 2.75) is 165 Å². The van der Waals surface area contributed by atoms with Gasteiger partial charge in [-0.2, -0.15) is 0 Å². The molecular formula is C47H64N4NiO. The number of unbranched alkanes of at least 4 members (excludes halogenated alkanes) is 5. The summed E-state index contributed by atoms with van der Waals surface area (Å²) in [5.74, 6) is 0. The molecule has 53 heavy (non-hydrogen) atoms. The monoisotopic (exact) mass is 758 g/mol. The van der Waals surface area contributed by atoms with Crippen LogP contribution < -0.4 is 9.97 Å². The van der Waals surface area contributed by atoms with E-state index in [0.29, 0.717) is 0 Å². The van der Waals surface area contributed by atoms with E-state index in [0.717, 1.165) is 115 Å². The molecule has 5 heterocycles. The second-order valence-electron chi connectivity index (χ2n) is 14.4. The van der Waals surface area contributed by atoms with Crippen molar-refractivity contribution in [2.24, 2.45) is 0 Å². The standard InChI is InChI=1S/C47H64N4O.Ni/c1-10-19-20-21-22-23-24-30(52)25-26-39-46-37(17-8)35(15-6)44(50-46)28-42-33(13-4)31(11-2)40(48-42)27-41-32(12-3)34(14-5)43(49-41)29-45-36(16-7)38(18-9)47(39)51-45;/h25-30,52H,10-24H2,1-9H3;/q-2;+2/b26-25+,40-27?,41-27?,42-28?,43-29?,44-28?,45-29?,46-39?,47-39?;. The third-order valence-corrected chi connectivity index (χ3v) is 11.3. The molecule has 8 bridgehead atoms. The van der Waals surface area contributed by atoms with Crippen molar-refractivity contribution < 1.29 is 21.6 Å². The number of rotatable bonds is 17. The Bertz CT molecular complexity index is 1860. The Balaban J connectivity index is 0.00000627. The Kier molecular flexibility index (Phi) is 16.0. The Morgan fingerprint density at radius 1 is 0.528 bits per heavy atom. The molecule has 0 saturated carbocycles. The topological polar surface area (TPSA) is 74.2 Å². The molecule has 6 heteroatoms. The molecule has 2 aliphatic heterocycles. The molecule has 0 aliphatic carbocycles. The van der Waals surface area contributed by atoms with Crippen LogP contribution in [-0.2, 0) is 42.2 Å². The quantitative estimate of drug-likeness (QED) is 0.110. The first-order valence-electron chi connectivity index (χ1n) is 20.8. The number of hydrogen-bond donors (Lipinski definition) is 1. The van der Waals surface area contributed by atoms with Gasteiger partial charge in [0.15, 0.2) is 0 Å². The van der Waals surface area contributed by atoms with E-state index in [9.17, 15) is 5.11 Å². The summed E-state index contributed by atoms with van der Waals surface area (Å²) >= 11 is 0. The fraction of sp³-hybridized carbons (Fsp3) is 0.532. The molecule has 5 rings (SSSR count). The smallest absolute Gasteiger partial charge is 0.657 e. The first kappa shape index (κ1) is 42.5. The summed E-state index contributed by atoms with van der Waals surface area (Å²) in [5.41, 5.74) is 19.4. The predicted octanol–water partition coefficient (Wildman–Crippen LogP) is 12.4. The first-order chi connectivity index (χ1) is 25.3. The van der Waals surface area contributed by atoms with Gasteiger partial charge in [-0.1, -0.05) is 153 Å². The van der Waals surface area contributed by atoms with Crippen LogP contribution in [0.4, 0.5) is 0 Å². The molecule has 1 N–H and O–H groups in total. The zero-order chi connectivity index (χ0) is 37.4. The number of nitrogens with zero attached hydrogens (tertiary/aromatic N) is 4. The molecular weight excluding hydrogens is 695 g/mol. The van der Waals surface area contributed by atoms with Crippen molar-refractivity contribution in [2.75, 3.05) is 0 Å². The van der Waals surface area contributed by atoms with E-state index in [2.05, 4.69) is 86.6 Å². The van der Waals surface area contributed by atoms with Crippen molar-refractivity contribution in [3.05, 3.63) is 74.9 Å². The zero-order valence-electron chi connectivity index (χ0n) is 34.1. The maximum absolute atomic E-state index is 11.3. The van der Waals surface area contributed by atoms with Crippen molar-refractivity contribution in [3.8, 4) is 0 Å². The predicted molar refractivity (Wildman–Crippen MR) is 224 cm³/mol. The molecule has 1 atom stereocenters. The summed E-state index contributed by atoms with van der Waals surface area (Å²) in [6.45, 7) is 20.2. The fourth-order valence-corrected chi connectivity index (χ4v) is 8.64. The van der Waals surface area contributed by atoms with Crippen molar-refractivity contribution in [1.82, 2.24) is 19.9 Å². The van der Waals surface area contributed by atoms with Crippen LogP contribution in [0.15, 0.2) is 24.3 Å². The van der Waals surface area contributed by atoms with Gasteiger partial charge in [0.2, 0.25) is 0 Å². The van der Waals surface area contributed by atoms with Crippen molar-refractivity contribution in [1.29, 1.82) is 0 Å². The van der Waals surface area contributed by atoms with Crippen LogP contribution in [0.25, 0.3) is 50.4 Å². The molecule has 288 valence electrons. The number of aliphatic hydroxyl groups excluding tert-OH is 1. The van der Waals surface area contributed by atoms with E-state index in [1.807, 2.05) is 6.08 Å². The van der Waals surface area contributed by atoms with Crippen molar-refractivity contribution >= 4 is 50.4 Å². The van der Waals surface area contributed by atoms with Gasteiger partial charge < -0.3 is 15.1 Å². The molecule has 0 spiro atoms. The van der Waals surface area contributed by atoms with Crippen LogP contribution in [0.1, 0.15) is 184 Å². The summed E-state index contributed by atoms with van der Waals surface area (Å²) in [7, 11) is 0. The van der Waals surface area contributed by atoms with Crippen molar-refractivity contribution in [3.63, 3.8) is 0 Å². The number of hydrogen-bond acceptors (Lipinski definition) is 3. The van der Waals surface area contributed by atoms with E-state index < -0.39 is 6.10 Å². The van der Waals surface area contributed by atoms with Gasteiger partial charge in [0, 0.05) is 0 Å². The Morgan fingerprint density at radius 3 is 1.32 bits per heavy atom. The molecule has 3 aromatic rings. The molecule has 0 fully saturated rings. The van der Waals surface area contributed by atoms with Crippen LogP contribution in [-0.4, -0.2) is 21.2 Å². The number of aromatic nitrogens is 4. The Labute approximate surface area is 330 Å². The number of fused-ring (bicyclic) bond motifs is 8. The zero-order valence-corrected chi connectivity index (χ0v) is 35.1. The summed E-state index contributed by atoms with van der Waals surface area (Å²) < 4.78 is 0. The maximum atomic E-state index is 11.3.